The number of carbonyl (C=O) groups is 1. The van der Waals surface area contributed by atoms with Crippen LogP contribution in [0, 0.1) is 5.92 Å². The van der Waals surface area contributed by atoms with Gasteiger partial charge in [0.1, 0.15) is 0 Å². The first kappa shape index (κ1) is 19.5. The Morgan fingerprint density at radius 2 is 1.88 bits per heavy atom. The predicted octanol–water partition coefficient (Wildman–Crippen LogP) is 3.05. The second-order valence-electron chi connectivity index (χ2n) is 6.84. The van der Waals surface area contributed by atoms with Gasteiger partial charge in [0.25, 0.3) is 0 Å². The van der Waals surface area contributed by atoms with Gasteiger partial charge in [-0.1, -0.05) is 23.7 Å². The zero-order chi connectivity index (χ0) is 16.3. The minimum atomic E-state index is -0.743. The van der Waals surface area contributed by atoms with Crippen LogP contribution < -0.4 is 5.73 Å². The summed E-state index contributed by atoms with van der Waals surface area (Å²) in [6.45, 7) is 2.72. The Balaban J connectivity index is 0.00000208. The molecular formula is C18H26Cl2N2O2. The van der Waals surface area contributed by atoms with E-state index in [1.165, 1.54) is 18.4 Å². The molecule has 4 nitrogen and oxygen atoms in total. The van der Waals surface area contributed by atoms with Crippen molar-refractivity contribution in [2.24, 2.45) is 11.7 Å². The number of rotatable bonds is 6. The molecule has 0 bridgehead atoms. The van der Waals surface area contributed by atoms with Crippen LogP contribution >= 0.6 is 24.0 Å². The number of hydrogen-bond donors (Lipinski definition) is 1. The topological polar surface area (TPSA) is 55.6 Å². The number of amides is 1. The molecule has 24 heavy (non-hydrogen) atoms. The molecule has 0 unspecified atom stereocenters. The van der Waals surface area contributed by atoms with Crippen LogP contribution in [0.15, 0.2) is 24.3 Å². The van der Waals surface area contributed by atoms with Crippen LogP contribution in [0.5, 0.6) is 0 Å². The van der Waals surface area contributed by atoms with Crippen molar-refractivity contribution >= 4 is 29.9 Å². The Hall–Kier alpha value is -0.810. The van der Waals surface area contributed by atoms with Crippen LogP contribution in [-0.4, -0.2) is 42.6 Å². The Labute approximate surface area is 155 Å². The fraction of sp³-hybridized carbons (Fsp3) is 0.611. The second-order valence-corrected chi connectivity index (χ2v) is 7.28. The summed E-state index contributed by atoms with van der Waals surface area (Å²) in [6.07, 6.45) is 4.53. The molecule has 1 amide bonds. The maximum atomic E-state index is 13.0. The van der Waals surface area contributed by atoms with E-state index in [9.17, 15) is 4.79 Å². The predicted molar refractivity (Wildman–Crippen MR) is 98.7 cm³/mol. The van der Waals surface area contributed by atoms with E-state index >= 15 is 0 Å². The molecule has 1 saturated carbocycles. The molecule has 3 rings (SSSR count). The summed E-state index contributed by atoms with van der Waals surface area (Å²) in [5.74, 6) is 0.759. The number of nitrogens with zero attached hydrogens (tertiary/aromatic N) is 1. The number of halogens is 2. The third-order valence-corrected chi connectivity index (χ3v) is 5.11. The number of carbonyl (C=O) groups excluding carboxylic acids is 1. The fourth-order valence-electron chi connectivity index (χ4n) is 3.07. The van der Waals surface area contributed by atoms with E-state index in [1.807, 2.05) is 29.2 Å². The zero-order valence-electron chi connectivity index (χ0n) is 13.9. The van der Waals surface area contributed by atoms with Gasteiger partial charge in [-0.3, -0.25) is 4.79 Å². The molecule has 1 aliphatic carbocycles. The summed E-state index contributed by atoms with van der Waals surface area (Å²) in [4.78, 5) is 15.0. The molecular weight excluding hydrogens is 347 g/mol. The summed E-state index contributed by atoms with van der Waals surface area (Å²) in [7, 11) is 0. The molecule has 0 atom stereocenters. The third-order valence-electron chi connectivity index (χ3n) is 4.86. The molecule has 134 valence electrons. The van der Waals surface area contributed by atoms with Crippen molar-refractivity contribution in [2.45, 2.75) is 37.6 Å². The normalized spacial score (nSPS) is 19.4. The summed E-state index contributed by atoms with van der Waals surface area (Å²) in [6, 6.07) is 7.84. The van der Waals surface area contributed by atoms with Gasteiger partial charge in [0.2, 0.25) is 5.91 Å². The van der Waals surface area contributed by atoms with Crippen LogP contribution in [0.25, 0.3) is 0 Å². The molecule has 6 heteroatoms. The third kappa shape index (κ3) is 5.09. The van der Waals surface area contributed by atoms with Crippen LogP contribution in [0.3, 0.4) is 0 Å². The molecule has 1 heterocycles. The standard InChI is InChI=1S/C18H25ClN2O2.ClH/c19-16-5-3-14(4-6-16)7-10-21(13-15-1-2-15)17(22)18(20)8-11-23-12-9-18;/h3-6,15H,1-2,7-13,20H2;1H. The van der Waals surface area contributed by atoms with Gasteiger partial charge in [0.05, 0.1) is 5.54 Å². The average molecular weight is 373 g/mol. The summed E-state index contributed by atoms with van der Waals surface area (Å²) >= 11 is 5.93. The molecule has 1 saturated heterocycles. The Morgan fingerprint density at radius 1 is 1.25 bits per heavy atom. The lowest BCUT2D eigenvalue weighted by Gasteiger charge is -2.37. The zero-order valence-corrected chi connectivity index (χ0v) is 15.5. The van der Waals surface area contributed by atoms with Crippen molar-refractivity contribution in [3.05, 3.63) is 34.9 Å². The Bertz CT molecular complexity index is 540. The van der Waals surface area contributed by atoms with E-state index in [0.29, 0.717) is 32.0 Å². The van der Waals surface area contributed by atoms with Gasteiger partial charge in [0, 0.05) is 31.3 Å². The molecule has 1 aromatic carbocycles. The molecule has 2 aliphatic rings. The minimum absolute atomic E-state index is 0. The van der Waals surface area contributed by atoms with E-state index in [4.69, 9.17) is 22.1 Å². The SMILES string of the molecule is Cl.NC1(C(=O)N(CCc2ccc(Cl)cc2)CC2CC2)CCOCC1. The van der Waals surface area contributed by atoms with Crippen molar-refractivity contribution in [1.82, 2.24) is 4.90 Å². The minimum Gasteiger partial charge on any atom is -0.381 e. The highest BCUT2D eigenvalue weighted by Gasteiger charge is 2.40. The first-order valence-electron chi connectivity index (χ1n) is 8.47. The fourth-order valence-corrected chi connectivity index (χ4v) is 3.19. The van der Waals surface area contributed by atoms with E-state index in [-0.39, 0.29) is 18.3 Å². The van der Waals surface area contributed by atoms with Gasteiger partial charge < -0.3 is 15.4 Å². The number of ether oxygens (including phenoxy) is 1. The number of hydrogen-bond acceptors (Lipinski definition) is 3. The second kappa shape index (κ2) is 8.52. The van der Waals surface area contributed by atoms with Gasteiger partial charge in [-0.2, -0.15) is 0 Å². The van der Waals surface area contributed by atoms with Crippen LogP contribution in [0.1, 0.15) is 31.2 Å². The van der Waals surface area contributed by atoms with Gasteiger partial charge >= 0.3 is 0 Å². The average Bonchev–Trinajstić information content (AvgIpc) is 3.37. The van der Waals surface area contributed by atoms with Crippen molar-refractivity contribution in [2.75, 3.05) is 26.3 Å². The highest BCUT2D eigenvalue weighted by molar-refractivity contribution is 6.30. The van der Waals surface area contributed by atoms with Crippen molar-refractivity contribution in [3.8, 4) is 0 Å². The van der Waals surface area contributed by atoms with Crippen molar-refractivity contribution in [1.29, 1.82) is 0 Å². The highest BCUT2D eigenvalue weighted by atomic mass is 35.5. The molecule has 2 fully saturated rings. The lowest BCUT2D eigenvalue weighted by Crippen LogP contribution is -2.58. The molecule has 2 N–H and O–H groups in total. The van der Waals surface area contributed by atoms with Gasteiger partial charge in [0.15, 0.2) is 0 Å². The summed E-state index contributed by atoms with van der Waals surface area (Å²) in [5.41, 5.74) is 6.85. The lowest BCUT2D eigenvalue weighted by molar-refractivity contribution is -0.140. The number of nitrogens with two attached hydrogens (primary N) is 1. The lowest BCUT2D eigenvalue weighted by atomic mass is 9.89. The molecule has 1 aromatic rings. The Kier molecular flexibility index (Phi) is 6.93. The highest BCUT2D eigenvalue weighted by Crippen LogP contribution is 2.31. The van der Waals surface area contributed by atoms with Crippen LogP contribution in [0.2, 0.25) is 5.02 Å². The van der Waals surface area contributed by atoms with E-state index < -0.39 is 5.54 Å². The van der Waals surface area contributed by atoms with Crippen LogP contribution in [-0.2, 0) is 16.0 Å². The van der Waals surface area contributed by atoms with Crippen LogP contribution in [0.4, 0.5) is 0 Å². The maximum Gasteiger partial charge on any atom is 0.242 e. The molecule has 0 radical (unpaired) electrons. The van der Waals surface area contributed by atoms with Crippen molar-refractivity contribution < 1.29 is 9.53 Å². The first-order chi connectivity index (χ1) is 11.1. The molecule has 1 aliphatic heterocycles. The van der Waals surface area contributed by atoms with Gasteiger partial charge in [-0.15, -0.1) is 12.4 Å². The largest absolute Gasteiger partial charge is 0.381 e. The van der Waals surface area contributed by atoms with Gasteiger partial charge in [-0.05, 0) is 55.7 Å². The van der Waals surface area contributed by atoms with Crippen molar-refractivity contribution in [3.63, 3.8) is 0 Å². The number of benzene rings is 1. The quantitative estimate of drug-likeness (QED) is 0.834. The van der Waals surface area contributed by atoms with Gasteiger partial charge in [-0.25, -0.2) is 0 Å². The molecule has 0 spiro atoms. The Morgan fingerprint density at radius 3 is 2.46 bits per heavy atom. The van der Waals surface area contributed by atoms with E-state index in [0.717, 1.165) is 24.5 Å². The smallest absolute Gasteiger partial charge is 0.242 e. The monoisotopic (exact) mass is 372 g/mol. The summed E-state index contributed by atoms with van der Waals surface area (Å²) < 4.78 is 5.37. The van der Waals surface area contributed by atoms with E-state index in [1.54, 1.807) is 0 Å². The molecule has 0 aromatic heterocycles. The maximum absolute atomic E-state index is 13.0. The summed E-state index contributed by atoms with van der Waals surface area (Å²) in [5, 5.41) is 0.739. The first-order valence-corrected chi connectivity index (χ1v) is 8.85. The van der Waals surface area contributed by atoms with E-state index in [2.05, 4.69) is 0 Å².